The van der Waals surface area contributed by atoms with Crippen LogP contribution in [0.15, 0.2) is 23.5 Å². The number of esters is 1. The zero-order valence-electron chi connectivity index (χ0n) is 7.33. The molecule has 4 nitrogen and oxygen atoms in total. The predicted octanol–water partition coefficient (Wildman–Crippen LogP) is 0.255. The summed E-state index contributed by atoms with van der Waals surface area (Å²) in [6.07, 6.45) is 2.65. The molecule has 12 heavy (non-hydrogen) atoms. The van der Waals surface area contributed by atoms with Gasteiger partial charge in [-0.1, -0.05) is 0 Å². The normalized spacial score (nSPS) is 12.8. The maximum atomic E-state index is 11.0. The highest BCUT2D eigenvalue weighted by Gasteiger charge is 2.05. The van der Waals surface area contributed by atoms with Crippen LogP contribution in [0.3, 0.4) is 0 Å². The van der Waals surface area contributed by atoms with Gasteiger partial charge < -0.3 is 16.2 Å². The highest BCUT2D eigenvalue weighted by Crippen LogP contribution is 2.00. The molecule has 0 heterocycles. The predicted molar refractivity (Wildman–Crippen MR) is 46.8 cm³/mol. The smallest absolute Gasteiger partial charge is 0.339 e. The molecule has 0 aromatic rings. The summed E-state index contributed by atoms with van der Waals surface area (Å²) in [6, 6.07) is 0. The van der Waals surface area contributed by atoms with Crippen molar-refractivity contribution in [1.29, 1.82) is 0 Å². The van der Waals surface area contributed by atoms with Crippen LogP contribution in [-0.4, -0.2) is 12.6 Å². The summed E-state index contributed by atoms with van der Waals surface area (Å²) in [5.74, 6) is -0.454. The Morgan fingerprint density at radius 2 is 2.17 bits per heavy atom. The Bertz CT molecular complexity index is 215. The molecule has 0 aliphatic heterocycles. The van der Waals surface area contributed by atoms with Gasteiger partial charge in [0.25, 0.3) is 0 Å². The number of ether oxygens (including phenoxy) is 1. The summed E-state index contributed by atoms with van der Waals surface area (Å²) in [6.45, 7) is 3.72. The molecule has 0 rings (SSSR count). The summed E-state index contributed by atoms with van der Waals surface area (Å²) in [5.41, 5.74) is 11.3. The molecule has 68 valence electrons. The van der Waals surface area contributed by atoms with E-state index >= 15 is 0 Å². The first-order chi connectivity index (χ1) is 5.61. The Balaban J connectivity index is 4.38. The molecule has 0 aromatic heterocycles. The maximum Gasteiger partial charge on any atom is 0.339 e. The largest absolute Gasteiger partial charge is 0.462 e. The third kappa shape index (κ3) is 3.65. The van der Waals surface area contributed by atoms with E-state index < -0.39 is 5.97 Å². The van der Waals surface area contributed by atoms with Gasteiger partial charge in [0.05, 0.1) is 12.2 Å². The van der Waals surface area contributed by atoms with Crippen LogP contribution in [-0.2, 0) is 9.53 Å². The monoisotopic (exact) mass is 170 g/mol. The molecule has 0 unspecified atom stereocenters. The second-order valence-corrected chi connectivity index (χ2v) is 2.23. The summed E-state index contributed by atoms with van der Waals surface area (Å²) in [5, 5.41) is 0. The molecule has 4 heteroatoms. The molecular weight excluding hydrogens is 156 g/mol. The zero-order valence-corrected chi connectivity index (χ0v) is 7.33. The van der Waals surface area contributed by atoms with Gasteiger partial charge in [-0.2, -0.15) is 0 Å². The van der Waals surface area contributed by atoms with E-state index in [-0.39, 0.29) is 5.57 Å². The molecule has 0 aromatic carbocycles. The molecule has 4 N–H and O–H groups in total. The molecule has 0 fully saturated rings. The van der Waals surface area contributed by atoms with Crippen molar-refractivity contribution < 1.29 is 9.53 Å². The van der Waals surface area contributed by atoms with Crippen molar-refractivity contribution >= 4 is 5.97 Å². The van der Waals surface area contributed by atoms with E-state index in [0.717, 1.165) is 0 Å². The number of nitrogens with two attached hydrogens (primary N) is 2. The molecule has 0 saturated heterocycles. The fraction of sp³-hybridized carbons (Fsp3) is 0.375. The standard InChI is InChI=1S/C8H14N2O2/c1-3-12-8(11)7(5-9)4-6(2)10/h4-5H,3,9-10H2,1-2H3/b6-4-,7-5+. The van der Waals surface area contributed by atoms with E-state index in [4.69, 9.17) is 16.2 Å². The van der Waals surface area contributed by atoms with Crippen molar-refractivity contribution in [2.45, 2.75) is 13.8 Å². The summed E-state index contributed by atoms with van der Waals surface area (Å²) in [4.78, 5) is 11.0. The first-order valence-corrected chi connectivity index (χ1v) is 3.64. The van der Waals surface area contributed by atoms with Crippen molar-refractivity contribution in [2.75, 3.05) is 6.61 Å². The molecule has 0 atom stereocenters. The van der Waals surface area contributed by atoms with Crippen LogP contribution in [0.25, 0.3) is 0 Å². The third-order valence-corrected chi connectivity index (χ3v) is 1.07. The van der Waals surface area contributed by atoms with Gasteiger partial charge in [-0.15, -0.1) is 0 Å². The van der Waals surface area contributed by atoms with Crippen molar-refractivity contribution in [2.24, 2.45) is 11.5 Å². The number of hydrogen-bond donors (Lipinski definition) is 2. The Kier molecular flexibility index (Phi) is 4.60. The van der Waals surface area contributed by atoms with E-state index in [2.05, 4.69) is 0 Å². The Hall–Kier alpha value is -1.45. The number of allylic oxidation sites excluding steroid dienone is 1. The Morgan fingerprint density at radius 1 is 1.58 bits per heavy atom. The first kappa shape index (κ1) is 10.6. The minimum absolute atomic E-state index is 0.275. The quantitative estimate of drug-likeness (QED) is 0.361. The lowest BCUT2D eigenvalue weighted by molar-refractivity contribution is -0.138. The van der Waals surface area contributed by atoms with Crippen LogP contribution >= 0.6 is 0 Å². The van der Waals surface area contributed by atoms with Crippen LogP contribution in [0.1, 0.15) is 13.8 Å². The molecule has 0 aliphatic rings. The van der Waals surface area contributed by atoms with Crippen LogP contribution in [0, 0.1) is 0 Å². The van der Waals surface area contributed by atoms with E-state index in [1.54, 1.807) is 13.8 Å². The van der Waals surface area contributed by atoms with Gasteiger partial charge in [-0.05, 0) is 19.9 Å². The molecule has 0 saturated carbocycles. The SMILES string of the molecule is CCOC(=O)C(/C=C(/C)N)=C/N. The van der Waals surface area contributed by atoms with Crippen molar-refractivity contribution in [3.63, 3.8) is 0 Å². The number of hydrogen-bond acceptors (Lipinski definition) is 4. The second kappa shape index (κ2) is 5.23. The van der Waals surface area contributed by atoms with Gasteiger partial charge in [0.1, 0.15) is 0 Å². The van der Waals surface area contributed by atoms with Gasteiger partial charge in [0.2, 0.25) is 0 Å². The van der Waals surface area contributed by atoms with Crippen molar-refractivity contribution in [3.8, 4) is 0 Å². The summed E-state index contributed by atoms with van der Waals surface area (Å²) >= 11 is 0. The molecule has 0 radical (unpaired) electrons. The van der Waals surface area contributed by atoms with E-state index in [1.807, 2.05) is 0 Å². The summed E-state index contributed by atoms with van der Waals surface area (Å²) in [7, 11) is 0. The van der Waals surface area contributed by atoms with Crippen LogP contribution in [0.5, 0.6) is 0 Å². The van der Waals surface area contributed by atoms with Gasteiger partial charge in [-0.25, -0.2) is 4.79 Å². The van der Waals surface area contributed by atoms with Crippen molar-refractivity contribution in [3.05, 3.63) is 23.5 Å². The molecule has 0 aliphatic carbocycles. The summed E-state index contributed by atoms with van der Waals surface area (Å²) < 4.78 is 4.71. The van der Waals surface area contributed by atoms with Crippen molar-refractivity contribution in [1.82, 2.24) is 0 Å². The van der Waals surface area contributed by atoms with Crippen LogP contribution in [0.4, 0.5) is 0 Å². The maximum absolute atomic E-state index is 11.0. The van der Waals surface area contributed by atoms with Gasteiger partial charge >= 0.3 is 5.97 Å². The van der Waals surface area contributed by atoms with E-state index in [0.29, 0.717) is 12.3 Å². The third-order valence-electron chi connectivity index (χ3n) is 1.07. The van der Waals surface area contributed by atoms with E-state index in [9.17, 15) is 4.79 Å². The van der Waals surface area contributed by atoms with Crippen LogP contribution < -0.4 is 11.5 Å². The highest BCUT2D eigenvalue weighted by atomic mass is 16.5. The van der Waals surface area contributed by atoms with Crippen LogP contribution in [0.2, 0.25) is 0 Å². The zero-order chi connectivity index (χ0) is 9.56. The van der Waals surface area contributed by atoms with E-state index in [1.165, 1.54) is 12.3 Å². The molecule has 0 amide bonds. The average molecular weight is 170 g/mol. The van der Waals surface area contributed by atoms with Gasteiger partial charge in [0.15, 0.2) is 0 Å². The minimum Gasteiger partial charge on any atom is -0.462 e. The lowest BCUT2D eigenvalue weighted by Gasteiger charge is -2.01. The van der Waals surface area contributed by atoms with Gasteiger partial charge in [0, 0.05) is 11.9 Å². The number of carbonyl (C=O) groups excluding carboxylic acids is 1. The molecule has 0 spiro atoms. The fourth-order valence-corrected chi connectivity index (χ4v) is 0.635. The Morgan fingerprint density at radius 3 is 2.50 bits per heavy atom. The lowest BCUT2D eigenvalue weighted by atomic mass is 10.2. The minimum atomic E-state index is -0.454. The topological polar surface area (TPSA) is 78.3 Å². The molecular formula is C8H14N2O2. The second-order valence-electron chi connectivity index (χ2n) is 2.23. The molecule has 0 bridgehead atoms. The number of rotatable bonds is 3. The lowest BCUT2D eigenvalue weighted by Crippen LogP contribution is -2.09. The van der Waals surface area contributed by atoms with Gasteiger partial charge in [-0.3, -0.25) is 0 Å². The number of carbonyl (C=O) groups is 1. The highest BCUT2D eigenvalue weighted by molar-refractivity contribution is 5.91. The average Bonchev–Trinajstić information content (AvgIpc) is 2.00. The Labute approximate surface area is 71.9 Å². The fourth-order valence-electron chi connectivity index (χ4n) is 0.635. The first-order valence-electron chi connectivity index (χ1n) is 3.64.